The van der Waals surface area contributed by atoms with Gasteiger partial charge in [0.25, 0.3) is 0 Å². The lowest BCUT2D eigenvalue weighted by Crippen LogP contribution is -2.22. The Bertz CT molecular complexity index is 528. The maximum atomic E-state index is 5.84. The zero-order valence-electron chi connectivity index (χ0n) is 12.7. The highest BCUT2D eigenvalue weighted by Gasteiger charge is 2.22. The van der Waals surface area contributed by atoms with Crippen LogP contribution in [-0.4, -0.2) is 16.7 Å². The predicted octanol–water partition coefficient (Wildman–Crippen LogP) is 3.36. The van der Waals surface area contributed by atoms with E-state index in [9.17, 15) is 0 Å². The maximum absolute atomic E-state index is 5.84. The fourth-order valence-electron chi connectivity index (χ4n) is 2.11. The van der Waals surface area contributed by atoms with Crippen LogP contribution in [0, 0.1) is 5.41 Å². The normalized spacial score (nSPS) is 13.4. The smallest absolute Gasteiger partial charge is 0.237 e. The number of benzene rings is 1. The second kappa shape index (κ2) is 6.18. The van der Waals surface area contributed by atoms with Gasteiger partial charge in [-0.2, -0.15) is 0 Å². The van der Waals surface area contributed by atoms with Crippen LogP contribution in [0.2, 0.25) is 0 Å². The van der Waals surface area contributed by atoms with E-state index in [1.807, 2.05) is 18.2 Å². The Balaban J connectivity index is 2.22. The molecule has 0 aliphatic carbocycles. The van der Waals surface area contributed by atoms with Crippen molar-refractivity contribution in [3.8, 4) is 0 Å². The lowest BCUT2D eigenvalue weighted by atomic mass is 9.92. The highest BCUT2D eigenvalue weighted by Crippen LogP contribution is 2.24. The number of nitrogens with one attached hydrogen (secondary N) is 1. The summed E-state index contributed by atoms with van der Waals surface area (Å²) < 4.78 is 5.84. The molecule has 1 aromatic carbocycles. The molecule has 1 heterocycles. The molecule has 0 aliphatic heterocycles. The second-order valence-electron chi connectivity index (χ2n) is 6.17. The summed E-state index contributed by atoms with van der Waals surface area (Å²) in [5.74, 6) is 1.34. The maximum Gasteiger partial charge on any atom is 0.237 e. The molecule has 108 valence electrons. The first-order chi connectivity index (χ1) is 9.49. The third-order valence-electron chi connectivity index (χ3n) is 2.95. The zero-order chi connectivity index (χ0) is 14.6. The van der Waals surface area contributed by atoms with Gasteiger partial charge in [0.05, 0.1) is 0 Å². The summed E-state index contributed by atoms with van der Waals surface area (Å²) in [4.78, 5) is 0. The van der Waals surface area contributed by atoms with Gasteiger partial charge in [0.15, 0.2) is 0 Å². The van der Waals surface area contributed by atoms with E-state index < -0.39 is 0 Å². The lowest BCUT2D eigenvalue weighted by Gasteiger charge is -2.15. The van der Waals surface area contributed by atoms with Gasteiger partial charge >= 0.3 is 0 Å². The van der Waals surface area contributed by atoms with Crippen molar-refractivity contribution in [3.05, 3.63) is 47.7 Å². The highest BCUT2D eigenvalue weighted by molar-refractivity contribution is 5.23. The summed E-state index contributed by atoms with van der Waals surface area (Å²) in [6.07, 6.45) is 0.785. The molecule has 0 amide bonds. The molecule has 1 unspecified atom stereocenters. The van der Waals surface area contributed by atoms with E-state index in [1.165, 1.54) is 0 Å². The van der Waals surface area contributed by atoms with Gasteiger partial charge in [-0.15, -0.1) is 10.2 Å². The molecule has 0 fully saturated rings. The molecular weight excluding hydrogens is 250 g/mol. The van der Waals surface area contributed by atoms with Crippen molar-refractivity contribution >= 4 is 0 Å². The monoisotopic (exact) mass is 273 g/mol. The average molecular weight is 273 g/mol. The van der Waals surface area contributed by atoms with Crippen LogP contribution >= 0.6 is 0 Å². The fraction of sp³-hybridized carbons (Fsp3) is 0.500. The molecule has 1 atom stereocenters. The third-order valence-corrected chi connectivity index (χ3v) is 2.95. The summed E-state index contributed by atoms with van der Waals surface area (Å²) in [6.45, 7) is 9.40. The van der Waals surface area contributed by atoms with Crippen LogP contribution in [-0.2, 0) is 6.42 Å². The molecule has 4 heteroatoms. The van der Waals surface area contributed by atoms with E-state index in [-0.39, 0.29) is 11.5 Å². The first-order valence-electron chi connectivity index (χ1n) is 7.10. The molecule has 1 aromatic heterocycles. The molecule has 0 radical (unpaired) electrons. The SMILES string of the molecule is CCNC(c1ccccc1)c1nnc(CC(C)(C)C)o1. The number of hydrogen-bond donors (Lipinski definition) is 1. The van der Waals surface area contributed by atoms with Crippen molar-refractivity contribution in [2.45, 2.75) is 40.2 Å². The number of hydrogen-bond acceptors (Lipinski definition) is 4. The summed E-state index contributed by atoms with van der Waals surface area (Å²) in [5.41, 5.74) is 1.28. The summed E-state index contributed by atoms with van der Waals surface area (Å²) in [6, 6.07) is 10.1. The van der Waals surface area contributed by atoms with E-state index in [0.717, 1.165) is 18.5 Å². The number of aromatic nitrogens is 2. The van der Waals surface area contributed by atoms with Gasteiger partial charge in [-0.25, -0.2) is 0 Å². The van der Waals surface area contributed by atoms with Crippen LogP contribution in [0.3, 0.4) is 0 Å². The van der Waals surface area contributed by atoms with Gasteiger partial charge in [0.1, 0.15) is 6.04 Å². The molecule has 4 nitrogen and oxygen atoms in total. The van der Waals surface area contributed by atoms with Gasteiger partial charge in [-0.05, 0) is 17.5 Å². The van der Waals surface area contributed by atoms with Crippen LogP contribution in [0.15, 0.2) is 34.7 Å². The van der Waals surface area contributed by atoms with E-state index in [4.69, 9.17) is 4.42 Å². The Morgan fingerprint density at radius 2 is 1.85 bits per heavy atom. The fourth-order valence-corrected chi connectivity index (χ4v) is 2.11. The third kappa shape index (κ3) is 3.90. The molecule has 1 N–H and O–H groups in total. The Hall–Kier alpha value is -1.68. The van der Waals surface area contributed by atoms with Gasteiger partial charge in [0.2, 0.25) is 11.8 Å². The topological polar surface area (TPSA) is 51.0 Å². The lowest BCUT2D eigenvalue weighted by molar-refractivity contribution is 0.336. The second-order valence-corrected chi connectivity index (χ2v) is 6.17. The van der Waals surface area contributed by atoms with Crippen molar-refractivity contribution in [1.82, 2.24) is 15.5 Å². The van der Waals surface area contributed by atoms with Crippen LogP contribution in [0.4, 0.5) is 0 Å². The molecule has 20 heavy (non-hydrogen) atoms. The van der Waals surface area contributed by atoms with Crippen LogP contribution in [0.5, 0.6) is 0 Å². The van der Waals surface area contributed by atoms with Crippen molar-refractivity contribution in [3.63, 3.8) is 0 Å². The molecular formula is C16H23N3O. The van der Waals surface area contributed by atoms with E-state index in [0.29, 0.717) is 11.8 Å². The van der Waals surface area contributed by atoms with Crippen molar-refractivity contribution in [2.75, 3.05) is 6.54 Å². The minimum atomic E-state index is -0.0394. The average Bonchev–Trinajstić information content (AvgIpc) is 2.83. The molecule has 0 bridgehead atoms. The van der Waals surface area contributed by atoms with Crippen molar-refractivity contribution in [2.24, 2.45) is 5.41 Å². The number of nitrogens with zero attached hydrogens (tertiary/aromatic N) is 2. The minimum absolute atomic E-state index is 0.0394. The van der Waals surface area contributed by atoms with Crippen LogP contribution in [0.1, 0.15) is 51.1 Å². The first-order valence-corrected chi connectivity index (χ1v) is 7.10. The van der Waals surface area contributed by atoms with Crippen molar-refractivity contribution in [1.29, 1.82) is 0 Å². The molecule has 2 rings (SSSR count). The van der Waals surface area contributed by atoms with E-state index in [2.05, 4.69) is 55.3 Å². The van der Waals surface area contributed by atoms with Crippen molar-refractivity contribution < 1.29 is 4.42 Å². The van der Waals surface area contributed by atoms with Crippen LogP contribution < -0.4 is 5.32 Å². The molecule has 0 spiro atoms. The molecule has 0 saturated heterocycles. The van der Waals surface area contributed by atoms with E-state index >= 15 is 0 Å². The van der Waals surface area contributed by atoms with Gasteiger partial charge in [-0.3, -0.25) is 0 Å². The number of rotatable bonds is 5. The Morgan fingerprint density at radius 3 is 2.45 bits per heavy atom. The Kier molecular flexibility index (Phi) is 4.55. The largest absolute Gasteiger partial charge is 0.423 e. The summed E-state index contributed by atoms with van der Waals surface area (Å²) in [7, 11) is 0. The summed E-state index contributed by atoms with van der Waals surface area (Å²) in [5, 5.41) is 11.8. The molecule has 0 aliphatic rings. The first kappa shape index (κ1) is 14.7. The highest BCUT2D eigenvalue weighted by atomic mass is 16.4. The Labute approximate surface area is 120 Å². The zero-order valence-corrected chi connectivity index (χ0v) is 12.7. The minimum Gasteiger partial charge on any atom is -0.423 e. The quantitative estimate of drug-likeness (QED) is 0.907. The molecule has 0 saturated carbocycles. The van der Waals surface area contributed by atoms with Gasteiger partial charge in [-0.1, -0.05) is 58.0 Å². The summed E-state index contributed by atoms with van der Waals surface area (Å²) >= 11 is 0. The molecule has 2 aromatic rings. The van der Waals surface area contributed by atoms with Crippen LogP contribution in [0.25, 0.3) is 0 Å². The van der Waals surface area contributed by atoms with Gasteiger partial charge in [0, 0.05) is 6.42 Å². The van der Waals surface area contributed by atoms with Gasteiger partial charge < -0.3 is 9.73 Å². The standard InChI is InChI=1S/C16H23N3O/c1-5-17-14(12-9-7-6-8-10-12)15-19-18-13(20-15)11-16(2,3)4/h6-10,14,17H,5,11H2,1-4H3. The van der Waals surface area contributed by atoms with E-state index in [1.54, 1.807) is 0 Å². The Morgan fingerprint density at radius 1 is 1.15 bits per heavy atom. The predicted molar refractivity (Wildman–Crippen MR) is 79.4 cm³/mol.